The first-order valence-electron chi connectivity index (χ1n) is 7.74. The lowest BCUT2D eigenvalue weighted by Gasteiger charge is -2.40. The predicted octanol–water partition coefficient (Wildman–Crippen LogP) is 0.718. The van der Waals surface area contributed by atoms with Crippen LogP contribution in [-0.4, -0.2) is 58.7 Å². The summed E-state index contributed by atoms with van der Waals surface area (Å²) < 4.78 is 1.61. The van der Waals surface area contributed by atoms with Crippen LogP contribution in [0.5, 0.6) is 0 Å². The molecule has 0 unspecified atom stereocenters. The Bertz CT molecular complexity index is 536. The molecular formula is C15H25N5O. The quantitative estimate of drug-likeness (QED) is 0.872. The van der Waals surface area contributed by atoms with Gasteiger partial charge in [-0.3, -0.25) is 4.79 Å². The summed E-state index contributed by atoms with van der Waals surface area (Å²) in [6, 6.07) is 1.80. The van der Waals surface area contributed by atoms with Crippen LogP contribution in [0, 0.1) is 12.3 Å². The monoisotopic (exact) mass is 291 g/mol. The maximum absolute atomic E-state index is 12.5. The SMILES string of the molecule is Cc1cc(N)n(CC(=O)N2CCC[C@]3(CCN(C)C3)C2)n1. The Morgan fingerprint density at radius 2 is 2.19 bits per heavy atom. The molecule has 2 aliphatic rings. The molecule has 0 bridgehead atoms. The van der Waals surface area contributed by atoms with Gasteiger partial charge >= 0.3 is 0 Å². The van der Waals surface area contributed by atoms with Gasteiger partial charge in [0.1, 0.15) is 12.4 Å². The van der Waals surface area contributed by atoms with Crippen molar-refractivity contribution in [2.75, 3.05) is 39.0 Å². The molecule has 3 rings (SSSR count). The third kappa shape index (κ3) is 2.90. The minimum absolute atomic E-state index is 0.137. The molecule has 2 fully saturated rings. The van der Waals surface area contributed by atoms with Crippen LogP contribution in [-0.2, 0) is 11.3 Å². The molecule has 2 N–H and O–H groups in total. The van der Waals surface area contributed by atoms with E-state index in [1.807, 2.05) is 11.8 Å². The maximum Gasteiger partial charge on any atom is 0.244 e. The van der Waals surface area contributed by atoms with Crippen LogP contribution in [0.2, 0.25) is 0 Å². The fourth-order valence-corrected chi connectivity index (χ4v) is 3.83. The number of piperidine rings is 1. The molecule has 0 aromatic carbocycles. The van der Waals surface area contributed by atoms with E-state index >= 15 is 0 Å². The van der Waals surface area contributed by atoms with Crippen molar-refractivity contribution in [2.24, 2.45) is 5.41 Å². The Morgan fingerprint density at radius 1 is 1.38 bits per heavy atom. The maximum atomic E-state index is 12.5. The van der Waals surface area contributed by atoms with Crippen LogP contribution in [0.4, 0.5) is 5.82 Å². The highest BCUT2D eigenvalue weighted by Crippen LogP contribution is 2.38. The molecule has 0 radical (unpaired) electrons. The van der Waals surface area contributed by atoms with Crippen LogP contribution >= 0.6 is 0 Å². The number of hydrogen-bond acceptors (Lipinski definition) is 4. The summed E-state index contributed by atoms with van der Waals surface area (Å²) in [5, 5.41) is 4.28. The van der Waals surface area contributed by atoms with Crippen molar-refractivity contribution >= 4 is 11.7 Å². The number of nitrogen functional groups attached to an aromatic ring is 1. The largest absolute Gasteiger partial charge is 0.384 e. The first kappa shape index (κ1) is 14.4. The molecular weight excluding hydrogens is 266 g/mol. The van der Waals surface area contributed by atoms with E-state index in [2.05, 4.69) is 17.0 Å². The van der Waals surface area contributed by atoms with Gasteiger partial charge in [-0.05, 0) is 39.8 Å². The summed E-state index contributed by atoms with van der Waals surface area (Å²) in [4.78, 5) is 16.9. The number of likely N-dealkylation sites (tertiary alicyclic amines) is 2. The average molecular weight is 291 g/mol. The number of carbonyl (C=O) groups is 1. The first-order chi connectivity index (χ1) is 9.97. The van der Waals surface area contributed by atoms with E-state index in [-0.39, 0.29) is 12.5 Å². The van der Waals surface area contributed by atoms with Gasteiger partial charge in [0.15, 0.2) is 0 Å². The number of rotatable bonds is 2. The Balaban J connectivity index is 1.66. The van der Waals surface area contributed by atoms with Crippen LogP contribution in [0.1, 0.15) is 25.0 Å². The second-order valence-electron chi connectivity index (χ2n) is 6.77. The molecule has 1 aromatic heterocycles. The van der Waals surface area contributed by atoms with Gasteiger partial charge < -0.3 is 15.5 Å². The first-order valence-corrected chi connectivity index (χ1v) is 7.74. The van der Waals surface area contributed by atoms with E-state index in [1.54, 1.807) is 10.7 Å². The number of aryl methyl sites for hydroxylation is 1. The van der Waals surface area contributed by atoms with E-state index in [0.29, 0.717) is 11.2 Å². The van der Waals surface area contributed by atoms with Crippen LogP contribution in [0.25, 0.3) is 0 Å². The molecule has 21 heavy (non-hydrogen) atoms. The van der Waals surface area contributed by atoms with E-state index in [9.17, 15) is 4.79 Å². The Labute approximate surface area is 125 Å². The number of amides is 1. The highest BCUT2D eigenvalue weighted by Gasteiger charge is 2.41. The molecule has 3 heterocycles. The fourth-order valence-electron chi connectivity index (χ4n) is 3.83. The third-order valence-electron chi connectivity index (χ3n) is 4.86. The zero-order valence-electron chi connectivity index (χ0n) is 13.0. The second kappa shape index (κ2) is 5.33. The van der Waals surface area contributed by atoms with Crippen LogP contribution < -0.4 is 5.73 Å². The average Bonchev–Trinajstić information content (AvgIpc) is 2.93. The van der Waals surface area contributed by atoms with Gasteiger partial charge in [-0.2, -0.15) is 5.10 Å². The number of nitrogens with zero attached hydrogens (tertiary/aromatic N) is 4. The van der Waals surface area contributed by atoms with E-state index in [0.717, 1.165) is 38.3 Å². The minimum atomic E-state index is 0.137. The van der Waals surface area contributed by atoms with Gasteiger partial charge in [0.05, 0.1) is 5.69 Å². The van der Waals surface area contributed by atoms with Crippen molar-refractivity contribution < 1.29 is 4.79 Å². The van der Waals surface area contributed by atoms with Crippen molar-refractivity contribution in [3.8, 4) is 0 Å². The number of aromatic nitrogens is 2. The molecule has 1 amide bonds. The van der Waals surface area contributed by atoms with Crippen molar-refractivity contribution in [3.05, 3.63) is 11.8 Å². The van der Waals surface area contributed by atoms with Gasteiger partial charge in [-0.1, -0.05) is 0 Å². The lowest BCUT2D eigenvalue weighted by molar-refractivity contribution is -0.135. The van der Waals surface area contributed by atoms with E-state index in [4.69, 9.17) is 5.73 Å². The number of hydrogen-bond donors (Lipinski definition) is 1. The van der Waals surface area contributed by atoms with E-state index < -0.39 is 0 Å². The topological polar surface area (TPSA) is 67.4 Å². The molecule has 6 nitrogen and oxygen atoms in total. The molecule has 0 saturated carbocycles. The summed E-state index contributed by atoms with van der Waals surface area (Å²) in [7, 11) is 2.17. The van der Waals surface area contributed by atoms with Crippen molar-refractivity contribution in [3.63, 3.8) is 0 Å². The Morgan fingerprint density at radius 3 is 2.81 bits per heavy atom. The van der Waals surface area contributed by atoms with Crippen LogP contribution in [0.15, 0.2) is 6.07 Å². The highest BCUT2D eigenvalue weighted by atomic mass is 16.2. The molecule has 0 aliphatic carbocycles. The molecule has 6 heteroatoms. The third-order valence-corrected chi connectivity index (χ3v) is 4.86. The summed E-state index contributed by atoms with van der Waals surface area (Å²) in [6.07, 6.45) is 3.55. The zero-order valence-corrected chi connectivity index (χ0v) is 13.0. The highest BCUT2D eigenvalue weighted by molar-refractivity contribution is 5.76. The molecule has 1 atom stereocenters. The Hall–Kier alpha value is -1.56. The van der Waals surface area contributed by atoms with Gasteiger partial charge in [0, 0.05) is 31.1 Å². The minimum Gasteiger partial charge on any atom is -0.384 e. The number of anilines is 1. The summed E-state index contributed by atoms with van der Waals surface area (Å²) in [6.45, 7) is 6.15. The number of carbonyl (C=O) groups excluding carboxylic acids is 1. The van der Waals surface area contributed by atoms with E-state index in [1.165, 1.54) is 12.8 Å². The zero-order chi connectivity index (χ0) is 15.0. The van der Waals surface area contributed by atoms with Gasteiger partial charge in [0.25, 0.3) is 0 Å². The van der Waals surface area contributed by atoms with Crippen molar-refractivity contribution in [1.29, 1.82) is 0 Å². The summed E-state index contributed by atoms with van der Waals surface area (Å²) >= 11 is 0. The van der Waals surface area contributed by atoms with Gasteiger partial charge in [-0.25, -0.2) is 4.68 Å². The molecule has 1 spiro atoms. The Kier molecular flexibility index (Phi) is 3.65. The fraction of sp³-hybridized carbons (Fsp3) is 0.733. The van der Waals surface area contributed by atoms with Crippen LogP contribution in [0.3, 0.4) is 0 Å². The summed E-state index contributed by atoms with van der Waals surface area (Å²) in [5.74, 6) is 0.701. The summed E-state index contributed by atoms with van der Waals surface area (Å²) in [5.41, 5.74) is 7.04. The lowest BCUT2D eigenvalue weighted by atomic mass is 9.79. The standard InChI is InChI=1S/C15H25N5O/c1-12-8-13(16)20(17-12)9-14(21)19-6-3-4-15(11-19)5-7-18(2)10-15/h8H,3-7,9-11,16H2,1-2H3/t15-/m1/s1. The van der Waals surface area contributed by atoms with Gasteiger partial charge in [-0.15, -0.1) is 0 Å². The van der Waals surface area contributed by atoms with Crippen molar-refractivity contribution in [1.82, 2.24) is 19.6 Å². The van der Waals surface area contributed by atoms with Gasteiger partial charge in [0.2, 0.25) is 5.91 Å². The molecule has 1 aromatic rings. The van der Waals surface area contributed by atoms with Crippen molar-refractivity contribution in [2.45, 2.75) is 32.7 Å². The smallest absolute Gasteiger partial charge is 0.244 e. The molecule has 116 valence electrons. The second-order valence-corrected chi connectivity index (χ2v) is 6.77. The number of nitrogens with two attached hydrogens (primary N) is 1. The predicted molar refractivity (Wildman–Crippen MR) is 81.7 cm³/mol. The molecule has 2 saturated heterocycles. The molecule has 2 aliphatic heterocycles. The normalized spacial score (nSPS) is 26.7. The lowest BCUT2D eigenvalue weighted by Crippen LogP contribution is -2.48.